The number of aliphatic imine (C=N–C) groups is 1. The fourth-order valence-corrected chi connectivity index (χ4v) is 1.35. The van der Waals surface area contributed by atoms with Crippen LogP contribution in [-0.4, -0.2) is 17.7 Å². The summed E-state index contributed by atoms with van der Waals surface area (Å²) in [6.45, 7) is 0.665. The molecule has 4 nitrogen and oxygen atoms in total. The van der Waals surface area contributed by atoms with Gasteiger partial charge < -0.3 is 0 Å². The average molecular weight is 188 g/mol. The van der Waals surface area contributed by atoms with E-state index in [9.17, 15) is 10.1 Å². The van der Waals surface area contributed by atoms with Crippen molar-refractivity contribution in [2.75, 3.05) is 6.54 Å². The van der Waals surface area contributed by atoms with E-state index in [0.29, 0.717) is 6.54 Å². The lowest BCUT2D eigenvalue weighted by Crippen LogP contribution is -1.89. The standard InChI is InChI=1S/C10H8N2O2/c13-12(14)10-3-1-2-8(6-10)9-4-5-11-7-9/h1-4,6-7H,5H2. The van der Waals surface area contributed by atoms with Crippen LogP contribution in [0.2, 0.25) is 0 Å². The molecule has 0 radical (unpaired) electrons. The van der Waals surface area contributed by atoms with Crippen molar-refractivity contribution >= 4 is 17.5 Å². The minimum absolute atomic E-state index is 0.115. The van der Waals surface area contributed by atoms with Crippen LogP contribution in [0.1, 0.15) is 5.56 Å². The molecule has 1 aliphatic heterocycles. The SMILES string of the molecule is O=[N+]([O-])c1cccc(C2=CCN=C2)c1. The molecule has 14 heavy (non-hydrogen) atoms. The van der Waals surface area contributed by atoms with Crippen molar-refractivity contribution in [3.8, 4) is 0 Å². The van der Waals surface area contributed by atoms with Crippen LogP contribution in [0.3, 0.4) is 0 Å². The van der Waals surface area contributed by atoms with Crippen molar-refractivity contribution in [3.63, 3.8) is 0 Å². The monoisotopic (exact) mass is 188 g/mol. The number of non-ortho nitro benzene ring substituents is 1. The summed E-state index contributed by atoms with van der Waals surface area (Å²) < 4.78 is 0. The molecule has 1 aromatic carbocycles. The fraction of sp³-hybridized carbons (Fsp3) is 0.100. The highest BCUT2D eigenvalue weighted by atomic mass is 16.6. The van der Waals surface area contributed by atoms with Crippen LogP contribution < -0.4 is 0 Å². The van der Waals surface area contributed by atoms with Crippen LogP contribution in [-0.2, 0) is 0 Å². The van der Waals surface area contributed by atoms with Gasteiger partial charge in [0, 0.05) is 18.3 Å². The number of rotatable bonds is 2. The van der Waals surface area contributed by atoms with Crippen LogP contribution in [0.5, 0.6) is 0 Å². The predicted octanol–water partition coefficient (Wildman–Crippen LogP) is 2.06. The highest BCUT2D eigenvalue weighted by Gasteiger charge is 2.08. The van der Waals surface area contributed by atoms with Crippen molar-refractivity contribution in [2.45, 2.75) is 0 Å². The normalized spacial score (nSPS) is 14.1. The molecular formula is C10H8N2O2. The first kappa shape index (κ1) is 8.62. The Morgan fingerprint density at radius 2 is 2.29 bits per heavy atom. The lowest BCUT2D eigenvalue weighted by molar-refractivity contribution is -0.384. The lowest BCUT2D eigenvalue weighted by atomic mass is 10.1. The summed E-state index contributed by atoms with van der Waals surface area (Å²) in [7, 11) is 0. The highest BCUT2D eigenvalue weighted by molar-refractivity contribution is 6.11. The van der Waals surface area contributed by atoms with E-state index in [1.165, 1.54) is 6.07 Å². The van der Waals surface area contributed by atoms with Gasteiger partial charge in [-0.1, -0.05) is 18.2 Å². The number of allylic oxidation sites excluding steroid dienone is 1. The first-order valence-corrected chi connectivity index (χ1v) is 4.22. The smallest absolute Gasteiger partial charge is 0.270 e. The Balaban J connectivity index is 2.40. The van der Waals surface area contributed by atoms with E-state index in [2.05, 4.69) is 4.99 Å². The zero-order chi connectivity index (χ0) is 9.97. The molecule has 4 heteroatoms. The second-order valence-electron chi connectivity index (χ2n) is 2.96. The fourth-order valence-electron chi connectivity index (χ4n) is 1.35. The Labute approximate surface area is 80.7 Å². The summed E-state index contributed by atoms with van der Waals surface area (Å²) >= 11 is 0. The average Bonchev–Trinajstić information content (AvgIpc) is 2.71. The molecule has 1 heterocycles. The number of hydrogen-bond acceptors (Lipinski definition) is 3. The van der Waals surface area contributed by atoms with E-state index in [1.807, 2.05) is 12.1 Å². The zero-order valence-corrected chi connectivity index (χ0v) is 7.38. The molecular weight excluding hydrogens is 180 g/mol. The first-order valence-electron chi connectivity index (χ1n) is 4.22. The van der Waals surface area contributed by atoms with Crippen molar-refractivity contribution in [1.29, 1.82) is 0 Å². The highest BCUT2D eigenvalue weighted by Crippen LogP contribution is 2.20. The molecule has 1 aromatic rings. The molecule has 1 aliphatic rings. The van der Waals surface area contributed by atoms with Gasteiger partial charge in [-0.25, -0.2) is 0 Å². The van der Waals surface area contributed by atoms with Crippen molar-refractivity contribution < 1.29 is 4.92 Å². The van der Waals surface area contributed by atoms with Crippen molar-refractivity contribution in [3.05, 3.63) is 46.0 Å². The maximum Gasteiger partial charge on any atom is 0.270 e. The second-order valence-corrected chi connectivity index (χ2v) is 2.96. The van der Waals surface area contributed by atoms with Gasteiger partial charge in [-0.3, -0.25) is 15.1 Å². The van der Waals surface area contributed by atoms with Gasteiger partial charge in [0.25, 0.3) is 5.69 Å². The van der Waals surface area contributed by atoms with Gasteiger partial charge in [0.2, 0.25) is 0 Å². The molecule has 0 saturated heterocycles. The molecule has 0 bridgehead atoms. The van der Waals surface area contributed by atoms with Gasteiger partial charge in [0.05, 0.1) is 11.5 Å². The first-order chi connectivity index (χ1) is 6.77. The van der Waals surface area contributed by atoms with Crippen molar-refractivity contribution in [2.24, 2.45) is 4.99 Å². The van der Waals surface area contributed by atoms with Gasteiger partial charge in [0.1, 0.15) is 0 Å². The molecule has 0 aromatic heterocycles. The summed E-state index contributed by atoms with van der Waals surface area (Å²) in [6, 6.07) is 6.57. The number of benzene rings is 1. The quantitative estimate of drug-likeness (QED) is 0.527. The Bertz CT molecular complexity index is 436. The largest absolute Gasteiger partial charge is 0.288 e. The maximum atomic E-state index is 10.5. The second kappa shape index (κ2) is 3.41. The van der Waals surface area contributed by atoms with E-state index in [1.54, 1.807) is 18.3 Å². The Morgan fingerprint density at radius 1 is 1.43 bits per heavy atom. The molecule has 0 spiro atoms. The minimum Gasteiger partial charge on any atom is -0.288 e. The van der Waals surface area contributed by atoms with Crippen molar-refractivity contribution in [1.82, 2.24) is 0 Å². The summed E-state index contributed by atoms with van der Waals surface area (Å²) in [5.74, 6) is 0. The Kier molecular flexibility index (Phi) is 2.10. The molecule has 0 fully saturated rings. The van der Waals surface area contributed by atoms with Gasteiger partial charge in [0.15, 0.2) is 0 Å². The van der Waals surface area contributed by atoms with Crippen LogP contribution in [0.15, 0.2) is 35.3 Å². The molecule has 70 valence electrons. The van der Waals surface area contributed by atoms with Gasteiger partial charge in [-0.2, -0.15) is 0 Å². The molecule has 0 unspecified atom stereocenters. The van der Waals surface area contributed by atoms with E-state index >= 15 is 0 Å². The van der Waals surface area contributed by atoms with Gasteiger partial charge in [-0.15, -0.1) is 0 Å². The van der Waals surface area contributed by atoms with Gasteiger partial charge >= 0.3 is 0 Å². The van der Waals surface area contributed by atoms with E-state index in [4.69, 9.17) is 0 Å². The summed E-state index contributed by atoms with van der Waals surface area (Å²) in [5.41, 5.74) is 1.91. The van der Waals surface area contributed by atoms with E-state index in [-0.39, 0.29) is 5.69 Å². The molecule has 0 amide bonds. The number of hydrogen-bond donors (Lipinski definition) is 0. The number of nitro benzene ring substituents is 1. The number of nitrogens with zero attached hydrogens (tertiary/aromatic N) is 2. The van der Waals surface area contributed by atoms with Gasteiger partial charge in [-0.05, 0) is 11.1 Å². The molecule has 0 saturated carbocycles. The van der Waals surface area contributed by atoms with Crippen LogP contribution in [0, 0.1) is 10.1 Å². The third-order valence-corrected chi connectivity index (χ3v) is 2.04. The molecule has 2 rings (SSSR count). The maximum absolute atomic E-state index is 10.5. The summed E-state index contributed by atoms with van der Waals surface area (Å²) in [6.07, 6.45) is 3.68. The van der Waals surface area contributed by atoms with Crippen LogP contribution in [0.4, 0.5) is 5.69 Å². The predicted molar refractivity (Wildman–Crippen MR) is 54.4 cm³/mol. The van der Waals surface area contributed by atoms with Crippen LogP contribution >= 0.6 is 0 Å². The van der Waals surface area contributed by atoms with Crippen LogP contribution in [0.25, 0.3) is 5.57 Å². The Hall–Kier alpha value is -1.97. The third-order valence-electron chi connectivity index (χ3n) is 2.04. The number of nitro groups is 1. The molecule has 0 atom stereocenters. The lowest BCUT2D eigenvalue weighted by Gasteiger charge is -1.98. The van der Waals surface area contributed by atoms with E-state index < -0.39 is 4.92 Å². The topological polar surface area (TPSA) is 55.5 Å². The molecule has 0 aliphatic carbocycles. The Morgan fingerprint density at radius 3 is 2.93 bits per heavy atom. The zero-order valence-electron chi connectivity index (χ0n) is 7.38. The summed E-state index contributed by atoms with van der Waals surface area (Å²) in [4.78, 5) is 14.2. The minimum atomic E-state index is -0.393. The molecule has 0 N–H and O–H groups in total. The van der Waals surface area contributed by atoms with E-state index in [0.717, 1.165) is 11.1 Å². The summed E-state index contributed by atoms with van der Waals surface area (Å²) in [5, 5.41) is 10.5. The third kappa shape index (κ3) is 1.54.